The second-order valence-corrected chi connectivity index (χ2v) is 8.09. The lowest BCUT2D eigenvalue weighted by atomic mass is 10.0. The van der Waals surface area contributed by atoms with Gasteiger partial charge in [0.15, 0.2) is 6.61 Å². The Morgan fingerprint density at radius 1 is 1.10 bits per heavy atom. The number of methoxy groups -OCH3 is 1. The second-order valence-electron chi connectivity index (χ2n) is 7.00. The number of rotatable bonds is 8. The maximum Gasteiger partial charge on any atom is 0.348 e. The summed E-state index contributed by atoms with van der Waals surface area (Å²) in [6.45, 7) is 3.51. The summed E-state index contributed by atoms with van der Waals surface area (Å²) in [6, 6.07) is 10.3. The first kappa shape index (κ1) is 21.8. The van der Waals surface area contributed by atoms with Gasteiger partial charge in [-0.05, 0) is 37.5 Å². The number of carbonyl (C=O) groups excluding carboxylic acids is 3. The predicted molar refractivity (Wildman–Crippen MR) is 114 cm³/mol. The minimum Gasteiger partial charge on any atom is -0.483 e. The molecule has 1 fully saturated rings. The van der Waals surface area contributed by atoms with Crippen LogP contribution in [0.25, 0.3) is 0 Å². The van der Waals surface area contributed by atoms with Crippen molar-refractivity contribution in [3.8, 4) is 5.75 Å². The van der Waals surface area contributed by atoms with Gasteiger partial charge in [0.1, 0.15) is 10.6 Å². The van der Waals surface area contributed by atoms with E-state index in [9.17, 15) is 14.4 Å². The zero-order chi connectivity index (χ0) is 21.5. The van der Waals surface area contributed by atoms with Gasteiger partial charge in [-0.15, -0.1) is 11.3 Å². The Bertz CT molecular complexity index is 904. The maximum atomic E-state index is 12.7. The average Bonchev–Trinajstić information content (AvgIpc) is 3.48. The van der Waals surface area contributed by atoms with E-state index in [0.29, 0.717) is 21.9 Å². The first-order valence-corrected chi connectivity index (χ1v) is 10.8. The number of nitrogens with zero attached hydrogens (tertiary/aromatic N) is 1. The largest absolute Gasteiger partial charge is 0.483 e. The van der Waals surface area contributed by atoms with Crippen LogP contribution in [0.4, 0.5) is 0 Å². The van der Waals surface area contributed by atoms with Crippen molar-refractivity contribution in [2.24, 2.45) is 0 Å². The summed E-state index contributed by atoms with van der Waals surface area (Å²) in [5.41, 5.74) is 0.812. The molecule has 0 bridgehead atoms. The van der Waals surface area contributed by atoms with Gasteiger partial charge in [0.25, 0.3) is 11.8 Å². The van der Waals surface area contributed by atoms with Crippen LogP contribution in [0.5, 0.6) is 5.75 Å². The number of likely N-dealkylation sites (tertiary alicyclic amines) is 1. The summed E-state index contributed by atoms with van der Waals surface area (Å²) in [5.74, 6) is -0.176. The van der Waals surface area contributed by atoms with E-state index < -0.39 is 5.97 Å². The van der Waals surface area contributed by atoms with Crippen LogP contribution in [0.15, 0.2) is 36.4 Å². The molecule has 160 valence electrons. The molecule has 1 N–H and O–H groups in total. The normalized spacial score (nSPS) is 14.3. The lowest BCUT2D eigenvalue weighted by molar-refractivity contribution is -0.132. The van der Waals surface area contributed by atoms with E-state index in [1.165, 1.54) is 7.11 Å². The molecule has 1 aliphatic heterocycles. The second kappa shape index (κ2) is 10.2. The van der Waals surface area contributed by atoms with Crippen LogP contribution >= 0.6 is 11.3 Å². The molecule has 3 rings (SSSR count). The molecule has 0 radical (unpaired) electrons. The Morgan fingerprint density at radius 2 is 1.80 bits per heavy atom. The molecule has 0 aliphatic carbocycles. The number of carbonyl (C=O) groups is 3. The van der Waals surface area contributed by atoms with Crippen LogP contribution in [-0.4, -0.2) is 49.5 Å². The number of ether oxygens (including phenoxy) is 2. The molecule has 7 nitrogen and oxygen atoms in total. The van der Waals surface area contributed by atoms with Crippen molar-refractivity contribution < 1.29 is 23.9 Å². The number of esters is 1. The molecule has 2 aromatic rings. The fourth-order valence-corrected chi connectivity index (χ4v) is 4.22. The van der Waals surface area contributed by atoms with E-state index in [-0.39, 0.29) is 24.5 Å². The minimum atomic E-state index is -0.465. The lowest BCUT2D eigenvalue weighted by Crippen LogP contribution is -2.32. The van der Waals surface area contributed by atoms with E-state index in [2.05, 4.69) is 5.32 Å². The van der Waals surface area contributed by atoms with Gasteiger partial charge in [-0.1, -0.05) is 25.1 Å². The Morgan fingerprint density at radius 3 is 2.50 bits per heavy atom. The number of para-hydroxylation sites is 1. The molecule has 1 aliphatic rings. The van der Waals surface area contributed by atoms with E-state index in [4.69, 9.17) is 9.47 Å². The van der Waals surface area contributed by atoms with Crippen LogP contribution in [-0.2, 0) is 9.53 Å². The molecule has 30 heavy (non-hydrogen) atoms. The Labute approximate surface area is 180 Å². The molecule has 2 heterocycles. The van der Waals surface area contributed by atoms with Gasteiger partial charge in [0, 0.05) is 18.7 Å². The maximum absolute atomic E-state index is 12.7. The SMILES string of the molecule is CCC(NC(=O)c1ccc(C(=O)OC)s1)c1ccccc1OCC(=O)N1CCCC1. The van der Waals surface area contributed by atoms with Crippen molar-refractivity contribution in [1.29, 1.82) is 0 Å². The Balaban J connectivity index is 1.68. The van der Waals surface area contributed by atoms with Crippen molar-refractivity contribution in [2.45, 2.75) is 32.2 Å². The van der Waals surface area contributed by atoms with Crippen molar-refractivity contribution in [3.05, 3.63) is 51.7 Å². The van der Waals surface area contributed by atoms with Crippen LogP contribution in [0, 0.1) is 0 Å². The summed E-state index contributed by atoms with van der Waals surface area (Å²) in [7, 11) is 1.31. The highest BCUT2D eigenvalue weighted by Gasteiger charge is 2.22. The highest BCUT2D eigenvalue weighted by atomic mass is 32.1. The van der Waals surface area contributed by atoms with E-state index >= 15 is 0 Å². The molecule has 1 unspecified atom stereocenters. The summed E-state index contributed by atoms with van der Waals surface area (Å²) < 4.78 is 10.5. The number of benzene rings is 1. The van der Waals surface area contributed by atoms with Crippen LogP contribution < -0.4 is 10.1 Å². The van der Waals surface area contributed by atoms with E-state index in [1.807, 2.05) is 36.1 Å². The van der Waals surface area contributed by atoms with Crippen molar-refractivity contribution in [1.82, 2.24) is 10.2 Å². The van der Waals surface area contributed by atoms with Crippen molar-refractivity contribution >= 4 is 29.1 Å². The van der Waals surface area contributed by atoms with Gasteiger partial charge >= 0.3 is 5.97 Å². The van der Waals surface area contributed by atoms with Gasteiger partial charge in [0.05, 0.1) is 18.0 Å². The molecule has 1 atom stereocenters. The topological polar surface area (TPSA) is 84.9 Å². The van der Waals surface area contributed by atoms with Crippen LogP contribution in [0.3, 0.4) is 0 Å². The molecule has 0 saturated carbocycles. The summed E-state index contributed by atoms with van der Waals surface area (Å²) in [6.07, 6.45) is 2.71. The van der Waals surface area contributed by atoms with E-state index in [1.54, 1.807) is 12.1 Å². The van der Waals surface area contributed by atoms with Gasteiger partial charge in [-0.3, -0.25) is 9.59 Å². The van der Waals surface area contributed by atoms with Gasteiger partial charge in [-0.2, -0.15) is 0 Å². The molecule has 1 saturated heterocycles. The van der Waals surface area contributed by atoms with Crippen LogP contribution in [0.2, 0.25) is 0 Å². The molecule has 2 amide bonds. The first-order chi connectivity index (χ1) is 14.5. The molecule has 8 heteroatoms. The average molecular weight is 431 g/mol. The van der Waals surface area contributed by atoms with E-state index in [0.717, 1.165) is 42.8 Å². The van der Waals surface area contributed by atoms with Gasteiger partial charge in [0.2, 0.25) is 0 Å². The fourth-order valence-electron chi connectivity index (χ4n) is 3.40. The predicted octanol–water partition coefficient (Wildman–Crippen LogP) is 3.42. The molecule has 1 aromatic heterocycles. The number of thiophene rings is 1. The zero-order valence-corrected chi connectivity index (χ0v) is 18.0. The monoisotopic (exact) mass is 430 g/mol. The Hall–Kier alpha value is -2.87. The molecular weight excluding hydrogens is 404 g/mol. The first-order valence-electron chi connectivity index (χ1n) is 10.0. The molecule has 1 aromatic carbocycles. The number of nitrogens with one attached hydrogen (secondary N) is 1. The number of hydrogen-bond donors (Lipinski definition) is 1. The zero-order valence-electron chi connectivity index (χ0n) is 17.2. The lowest BCUT2D eigenvalue weighted by Gasteiger charge is -2.21. The molecule has 0 spiro atoms. The Kier molecular flexibility index (Phi) is 7.46. The summed E-state index contributed by atoms with van der Waals surface area (Å²) in [5, 5.41) is 3.00. The third-order valence-corrected chi connectivity index (χ3v) is 6.10. The number of hydrogen-bond acceptors (Lipinski definition) is 6. The van der Waals surface area contributed by atoms with Crippen molar-refractivity contribution in [2.75, 3.05) is 26.8 Å². The van der Waals surface area contributed by atoms with Crippen LogP contribution in [0.1, 0.15) is 57.1 Å². The fraction of sp³-hybridized carbons (Fsp3) is 0.409. The van der Waals surface area contributed by atoms with Gasteiger partial charge < -0.3 is 19.7 Å². The highest BCUT2D eigenvalue weighted by molar-refractivity contribution is 7.15. The third kappa shape index (κ3) is 5.18. The standard InChI is InChI=1S/C22H26N2O5S/c1-3-16(23-21(26)18-10-11-19(30-18)22(27)28-2)15-8-4-5-9-17(15)29-14-20(25)24-12-6-7-13-24/h4-5,8-11,16H,3,6-7,12-14H2,1-2H3,(H,23,26). The highest BCUT2D eigenvalue weighted by Crippen LogP contribution is 2.28. The molecular formula is C22H26N2O5S. The van der Waals surface area contributed by atoms with Gasteiger partial charge in [-0.25, -0.2) is 4.79 Å². The number of amides is 2. The third-order valence-electron chi connectivity index (χ3n) is 5.03. The summed E-state index contributed by atoms with van der Waals surface area (Å²) >= 11 is 1.09. The smallest absolute Gasteiger partial charge is 0.348 e. The van der Waals surface area contributed by atoms with Crippen molar-refractivity contribution in [3.63, 3.8) is 0 Å². The minimum absolute atomic E-state index is 0.0190. The summed E-state index contributed by atoms with van der Waals surface area (Å²) in [4.78, 5) is 39.3. The quantitative estimate of drug-likeness (QED) is 0.649.